The number of aromatic amines is 1. The smallest absolute Gasteiger partial charge is 0.408 e. The number of ether oxygens (including phenoxy) is 3. The third kappa shape index (κ3) is 9.23. The molecule has 4 heterocycles. The number of fused-ring (bicyclic) bond motifs is 1. The number of imidazole rings is 1. The van der Waals surface area contributed by atoms with Crippen molar-refractivity contribution in [3.05, 3.63) is 166 Å². The number of hydrogen-bond acceptors (Lipinski definition) is 9. The van der Waals surface area contributed by atoms with Crippen molar-refractivity contribution in [2.24, 2.45) is 5.92 Å². The maximum absolute atomic E-state index is 13.3. The van der Waals surface area contributed by atoms with Crippen LogP contribution in [0.1, 0.15) is 72.4 Å². The number of carbonyl (C=O) groups excluding carboxylic acids is 3. The SMILES string of the molecule is CC1C(CN2CCC(n3c(=O)[nH]c4ccccc43)CC2)OC(c2cccc(-c3cccc(CN4C(=O)CC(NC(=O)OCc5ccccc5)C4=O)c3)c2)OC1c1ccc(CO)cc1. The summed E-state index contributed by atoms with van der Waals surface area (Å²) in [6.07, 6.45) is -0.343. The monoisotopic (exact) mass is 849 g/mol. The second-order valence-electron chi connectivity index (χ2n) is 16.8. The maximum Gasteiger partial charge on any atom is 0.408 e. The molecule has 0 saturated carbocycles. The molecule has 3 N–H and O–H groups in total. The fraction of sp³-hybridized carbons (Fsp3) is 0.320. The molecule has 3 amide bonds. The number of rotatable bonds is 12. The number of nitrogens with zero attached hydrogens (tertiary/aromatic N) is 3. The van der Waals surface area contributed by atoms with Gasteiger partial charge in [0.05, 0.1) is 42.8 Å². The van der Waals surface area contributed by atoms with E-state index in [1.165, 1.54) is 4.90 Å². The Bertz CT molecular complexity index is 2640. The number of amides is 3. The molecule has 5 atom stereocenters. The normalized spacial score (nSPS) is 22.1. The molecule has 3 aliphatic heterocycles. The quantitative estimate of drug-likeness (QED) is 0.109. The molecule has 6 aromatic rings. The van der Waals surface area contributed by atoms with Gasteiger partial charge in [0, 0.05) is 37.2 Å². The van der Waals surface area contributed by atoms with Crippen molar-refractivity contribution in [2.75, 3.05) is 19.6 Å². The Labute approximate surface area is 365 Å². The average Bonchev–Trinajstić information content (AvgIpc) is 3.79. The van der Waals surface area contributed by atoms with Crippen molar-refractivity contribution < 1.29 is 33.7 Å². The van der Waals surface area contributed by atoms with Crippen LogP contribution in [-0.4, -0.2) is 74.1 Å². The first-order valence-corrected chi connectivity index (χ1v) is 21.6. The van der Waals surface area contributed by atoms with Gasteiger partial charge in [-0.05, 0) is 70.5 Å². The van der Waals surface area contributed by atoms with Crippen LogP contribution in [0.4, 0.5) is 4.79 Å². The standard InChI is InChI=1S/C50H51N5O8/c1-32-44(29-53-23-21-40(22-24-53)55-43-16-6-5-15-41(43)51-49(55)59)62-48(63-46(32)36-19-17-33(30-56)18-20-36)39-14-8-13-38(26-39)37-12-7-11-35(25-37)28-54-45(57)27-42(47(54)58)52-50(60)61-31-34-9-3-2-4-10-34/h2-20,25-26,32,40,42,44,46,48,56H,21-24,27-31H2,1H3,(H,51,59)(H,52,60). The van der Waals surface area contributed by atoms with Gasteiger partial charge in [-0.25, -0.2) is 9.59 Å². The molecule has 3 aliphatic rings. The number of nitrogens with one attached hydrogen (secondary N) is 2. The van der Waals surface area contributed by atoms with Crippen molar-refractivity contribution >= 4 is 28.9 Å². The lowest BCUT2D eigenvalue weighted by Gasteiger charge is -2.44. The first-order valence-electron chi connectivity index (χ1n) is 21.6. The number of imide groups is 1. The van der Waals surface area contributed by atoms with Gasteiger partial charge in [-0.1, -0.05) is 110 Å². The van der Waals surface area contributed by atoms with Gasteiger partial charge in [0.1, 0.15) is 12.6 Å². The van der Waals surface area contributed by atoms with Crippen molar-refractivity contribution in [3.8, 4) is 11.1 Å². The van der Waals surface area contributed by atoms with Crippen molar-refractivity contribution in [3.63, 3.8) is 0 Å². The van der Waals surface area contributed by atoms with Gasteiger partial charge >= 0.3 is 11.8 Å². The molecular formula is C50H51N5O8. The Morgan fingerprint density at radius 3 is 2.29 bits per heavy atom. The van der Waals surface area contributed by atoms with Crippen LogP contribution in [0, 0.1) is 5.92 Å². The number of benzene rings is 5. The number of aliphatic hydroxyl groups excluding tert-OH is 1. The number of likely N-dealkylation sites (tertiary alicyclic amines) is 2. The van der Waals surface area contributed by atoms with Crippen LogP contribution in [-0.2, 0) is 43.6 Å². The molecule has 9 rings (SSSR count). The van der Waals surface area contributed by atoms with Crippen molar-refractivity contribution in [1.82, 2.24) is 24.7 Å². The largest absolute Gasteiger partial charge is 0.445 e. The predicted molar refractivity (Wildman–Crippen MR) is 236 cm³/mol. The summed E-state index contributed by atoms with van der Waals surface area (Å²) >= 11 is 0. The van der Waals surface area contributed by atoms with E-state index in [0.717, 1.165) is 75.9 Å². The highest BCUT2D eigenvalue weighted by Gasteiger charge is 2.41. The summed E-state index contributed by atoms with van der Waals surface area (Å²) < 4.78 is 20.9. The van der Waals surface area contributed by atoms with Crippen LogP contribution in [0.2, 0.25) is 0 Å². The highest BCUT2D eigenvalue weighted by atomic mass is 16.7. The maximum atomic E-state index is 13.3. The number of piperidine rings is 1. The van der Waals surface area contributed by atoms with Crippen molar-refractivity contribution in [2.45, 2.75) is 76.5 Å². The van der Waals surface area contributed by atoms with Crippen molar-refractivity contribution in [1.29, 1.82) is 0 Å². The zero-order chi connectivity index (χ0) is 43.5. The molecule has 3 saturated heterocycles. The topological polar surface area (TPSA) is 155 Å². The minimum atomic E-state index is -0.998. The van der Waals surface area contributed by atoms with Crippen LogP contribution in [0.3, 0.4) is 0 Å². The highest BCUT2D eigenvalue weighted by molar-refractivity contribution is 6.06. The molecule has 5 unspecified atom stereocenters. The highest BCUT2D eigenvalue weighted by Crippen LogP contribution is 2.43. The Morgan fingerprint density at radius 1 is 0.794 bits per heavy atom. The molecule has 63 heavy (non-hydrogen) atoms. The lowest BCUT2D eigenvalue weighted by molar-refractivity contribution is -0.276. The first-order chi connectivity index (χ1) is 30.7. The van der Waals surface area contributed by atoms with E-state index in [4.69, 9.17) is 14.2 Å². The zero-order valence-electron chi connectivity index (χ0n) is 35.1. The zero-order valence-corrected chi connectivity index (χ0v) is 35.1. The number of H-pyrrole nitrogens is 1. The summed E-state index contributed by atoms with van der Waals surface area (Å²) in [5, 5.41) is 12.3. The number of carbonyl (C=O) groups is 3. The fourth-order valence-corrected chi connectivity index (χ4v) is 9.15. The van der Waals surface area contributed by atoms with Gasteiger partial charge in [-0.15, -0.1) is 0 Å². The minimum Gasteiger partial charge on any atom is -0.445 e. The molecule has 0 aliphatic carbocycles. The third-order valence-electron chi connectivity index (χ3n) is 12.6. The third-order valence-corrected chi connectivity index (χ3v) is 12.6. The van der Waals surface area contributed by atoms with Crippen LogP contribution < -0.4 is 11.0 Å². The molecule has 0 radical (unpaired) electrons. The second kappa shape index (κ2) is 18.5. The molecule has 13 heteroatoms. The van der Waals surface area contributed by atoms with E-state index in [0.29, 0.717) is 6.54 Å². The first kappa shape index (κ1) is 41.9. The van der Waals surface area contributed by atoms with E-state index in [2.05, 4.69) is 28.2 Å². The molecule has 0 spiro atoms. The molecule has 1 aromatic heterocycles. The van der Waals surface area contributed by atoms with Gasteiger partial charge in [-0.3, -0.25) is 19.1 Å². The summed E-state index contributed by atoms with van der Waals surface area (Å²) in [7, 11) is 0. The average molecular weight is 850 g/mol. The Morgan fingerprint density at radius 2 is 1.51 bits per heavy atom. The van der Waals surface area contributed by atoms with E-state index >= 15 is 0 Å². The van der Waals surface area contributed by atoms with Gasteiger partial charge in [-0.2, -0.15) is 0 Å². The molecule has 324 valence electrons. The predicted octanol–water partition coefficient (Wildman–Crippen LogP) is 7.17. The van der Waals surface area contributed by atoms with Gasteiger partial charge in [0.25, 0.3) is 5.91 Å². The number of hydrogen-bond donors (Lipinski definition) is 3. The second-order valence-corrected chi connectivity index (χ2v) is 16.8. The van der Waals surface area contributed by atoms with Gasteiger partial charge in [0.2, 0.25) is 5.91 Å². The van der Waals surface area contributed by atoms with E-state index in [1.54, 1.807) is 0 Å². The summed E-state index contributed by atoms with van der Waals surface area (Å²) in [5.41, 5.74) is 7.78. The minimum absolute atomic E-state index is 0.000734. The summed E-state index contributed by atoms with van der Waals surface area (Å²) in [6, 6.07) is 39.8. The summed E-state index contributed by atoms with van der Waals surface area (Å²) in [4.78, 5) is 58.5. The van der Waals surface area contributed by atoms with Crippen LogP contribution in [0.25, 0.3) is 22.2 Å². The lowest BCUT2D eigenvalue weighted by Crippen LogP contribution is -2.47. The number of alkyl carbamates (subject to hydrolysis) is 1. The number of aliphatic hydroxyl groups is 1. The number of para-hydroxylation sites is 2. The Kier molecular flexibility index (Phi) is 12.3. The summed E-state index contributed by atoms with van der Waals surface area (Å²) in [5.74, 6) is -0.847. The van der Waals surface area contributed by atoms with E-state index in [-0.39, 0.29) is 61.9 Å². The van der Waals surface area contributed by atoms with E-state index < -0.39 is 24.3 Å². The summed E-state index contributed by atoms with van der Waals surface area (Å²) in [6.45, 7) is 4.57. The van der Waals surface area contributed by atoms with Crippen LogP contribution in [0.5, 0.6) is 0 Å². The molecule has 0 bridgehead atoms. The molecule has 13 nitrogen and oxygen atoms in total. The molecular weight excluding hydrogens is 799 g/mol. The van der Waals surface area contributed by atoms with E-state index in [9.17, 15) is 24.3 Å². The molecule has 3 fully saturated rings. The van der Waals surface area contributed by atoms with Crippen LogP contribution in [0.15, 0.2) is 132 Å². The van der Waals surface area contributed by atoms with Crippen LogP contribution >= 0.6 is 0 Å². The molecule has 5 aromatic carbocycles. The van der Waals surface area contributed by atoms with Gasteiger partial charge < -0.3 is 34.5 Å². The fourth-order valence-electron chi connectivity index (χ4n) is 9.15. The Balaban J connectivity index is 0.886. The van der Waals surface area contributed by atoms with E-state index in [1.807, 2.05) is 126 Å². The van der Waals surface area contributed by atoms with Gasteiger partial charge in [0.15, 0.2) is 6.29 Å². The Hall–Kier alpha value is -6.38. The lowest BCUT2D eigenvalue weighted by atomic mass is 9.89. The number of aromatic nitrogens is 2.